The molecule has 1 nitrogen and oxygen atoms in total. The van der Waals surface area contributed by atoms with E-state index in [1.165, 1.54) is 11.3 Å². The highest BCUT2D eigenvalue weighted by atomic mass is 35.5. The Hall–Kier alpha value is -0.303. The molecule has 0 aliphatic heterocycles. The van der Waals surface area contributed by atoms with Crippen molar-refractivity contribution in [1.29, 1.82) is 0 Å². The van der Waals surface area contributed by atoms with Crippen LogP contribution in [0.2, 0.25) is 24.8 Å². The van der Waals surface area contributed by atoms with Crippen LogP contribution in [0.1, 0.15) is 5.01 Å². The van der Waals surface area contributed by atoms with Crippen molar-refractivity contribution in [3.05, 3.63) is 15.5 Å². The standard InChI is InChI=1S/C8H10ClNSSi/c1-12(2,3)5-4-8-10-7(9)6-11-8/h6H,1-3H3. The van der Waals surface area contributed by atoms with Gasteiger partial charge in [0.15, 0.2) is 5.01 Å². The number of hydrogen-bond acceptors (Lipinski definition) is 2. The fraction of sp³-hybridized carbons (Fsp3) is 0.375. The molecular formula is C8H10ClNSSi. The Bertz CT molecular complexity index is 329. The van der Waals surface area contributed by atoms with Crippen molar-refractivity contribution < 1.29 is 0 Å². The van der Waals surface area contributed by atoms with E-state index in [-0.39, 0.29) is 0 Å². The second kappa shape index (κ2) is 3.61. The van der Waals surface area contributed by atoms with Gasteiger partial charge in [0.05, 0.1) is 0 Å². The summed E-state index contributed by atoms with van der Waals surface area (Å²) < 4.78 is 0. The largest absolute Gasteiger partial charge is 0.216 e. The Balaban J connectivity index is 2.80. The van der Waals surface area contributed by atoms with E-state index in [1.807, 2.05) is 0 Å². The van der Waals surface area contributed by atoms with E-state index in [4.69, 9.17) is 11.6 Å². The maximum Gasteiger partial charge on any atom is 0.167 e. The molecule has 0 amide bonds. The van der Waals surface area contributed by atoms with Gasteiger partial charge >= 0.3 is 0 Å². The van der Waals surface area contributed by atoms with E-state index in [2.05, 4.69) is 36.1 Å². The SMILES string of the molecule is C[Si](C)(C)C#Cc1nc(Cl)cs1. The lowest BCUT2D eigenvalue weighted by Crippen LogP contribution is -2.16. The topological polar surface area (TPSA) is 12.9 Å². The Morgan fingerprint density at radius 2 is 2.17 bits per heavy atom. The number of halogens is 1. The van der Waals surface area contributed by atoms with Crippen LogP contribution in [0.25, 0.3) is 0 Å². The van der Waals surface area contributed by atoms with Crippen LogP contribution in [0.3, 0.4) is 0 Å². The van der Waals surface area contributed by atoms with Crippen molar-refractivity contribution in [2.45, 2.75) is 19.6 Å². The molecule has 0 radical (unpaired) electrons. The zero-order valence-electron chi connectivity index (χ0n) is 7.31. The van der Waals surface area contributed by atoms with Gasteiger partial charge in [0.25, 0.3) is 0 Å². The number of aromatic nitrogens is 1. The first-order chi connectivity index (χ1) is 5.47. The molecule has 64 valence electrons. The first-order valence-electron chi connectivity index (χ1n) is 3.61. The van der Waals surface area contributed by atoms with Gasteiger partial charge < -0.3 is 0 Å². The lowest BCUT2D eigenvalue weighted by molar-refractivity contribution is 1.39. The fourth-order valence-electron chi connectivity index (χ4n) is 0.553. The average Bonchev–Trinajstić information content (AvgIpc) is 2.30. The van der Waals surface area contributed by atoms with Gasteiger partial charge in [-0.05, 0) is 5.92 Å². The molecule has 0 spiro atoms. The molecule has 0 saturated carbocycles. The zero-order chi connectivity index (χ0) is 9.19. The molecule has 1 rings (SSSR count). The third-order valence-corrected chi connectivity index (χ3v) is 2.98. The van der Waals surface area contributed by atoms with E-state index in [0.717, 1.165) is 5.01 Å². The summed E-state index contributed by atoms with van der Waals surface area (Å²) in [6.45, 7) is 6.61. The normalized spacial score (nSPS) is 10.7. The lowest BCUT2D eigenvalue weighted by Gasteiger charge is -2.02. The maximum absolute atomic E-state index is 5.65. The Labute approximate surface area is 82.8 Å². The van der Waals surface area contributed by atoms with Crippen molar-refractivity contribution in [3.8, 4) is 11.5 Å². The molecule has 1 aromatic rings. The molecule has 1 aromatic heterocycles. The molecule has 4 heteroatoms. The summed E-state index contributed by atoms with van der Waals surface area (Å²) in [4.78, 5) is 4.05. The second-order valence-electron chi connectivity index (χ2n) is 3.48. The number of rotatable bonds is 0. The number of nitrogens with zero attached hydrogens (tertiary/aromatic N) is 1. The first kappa shape index (κ1) is 9.78. The Kier molecular flexibility index (Phi) is 2.94. The maximum atomic E-state index is 5.65. The van der Waals surface area contributed by atoms with Gasteiger partial charge in [-0.15, -0.1) is 16.9 Å². The van der Waals surface area contributed by atoms with Crippen LogP contribution < -0.4 is 0 Å². The predicted octanol–water partition coefficient (Wildman–Crippen LogP) is 3.03. The van der Waals surface area contributed by atoms with Crippen molar-refractivity contribution in [1.82, 2.24) is 4.98 Å². The minimum atomic E-state index is -1.27. The van der Waals surface area contributed by atoms with Gasteiger partial charge in [0.2, 0.25) is 0 Å². The van der Waals surface area contributed by atoms with E-state index < -0.39 is 8.07 Å². The molecule has 0 aliphatic carbocycles. The second-order valence-corrected chi connectivity index (χ2v) is 9.47. The van der Waals surface area contributed by atoms with Crippen LogP contribution in [0.4, 0.5) is 0 Å². The third-order valence-electron chi connectivity index (χ3n) is 1.02. The van der Waals surface area contributed by atoms with E-state index in [9.17, 15) is 0 Å². The van der Waals surface area contributed by atoms with Gasteiger partial charge in [-0.2, -0.15) is 0 Å². The smallest absolute Gasteiger partial charge is 0.167 e. The highest BCUT2D eigenvalue weighted by molar-refractivity contribution is 7.10. The molecule has 0 saturated heterocycles. The van der Waals surface area contributed by atoms with E-state index in [0.29, 0.717) is 5.15 Å². The third kappa shape index (κ3) is 3.40. The van der Waals surface area contributed by atoms with Crippen LogP contribution in [0.15, 0.2) is 5.38 Å². The van der Waals surface area contributed by atoms with Crippen molar-refractivity contribution in [2.75, 3.05) is 0 Å². The number of thiazole rings is 1. The van der Waals surface area contributed by atoms with Crippen LogP contribution in [-0.2, 0) is 0 Å². The molecule has 0 N–H and O–H groups in total. The van der Waals surface area contributed by atoms with E-state index >= 15 is 0 Å². The Morgan fingerprint density at radius 1 is 1.50 bits per heavy atom. The monoisotopic (exact) mass is 215 g/mol. The van der Waals surface area contributed by atoms with Crippen molar-refractivity contribution in [2.24, 2.45) is 0 Å². The Morgan fingerprint density at radius 3 is 2.58 bits per heavy atom. The summed E-state index contributed by atoms with van der Waals surface area (Å²) >= 11 is 7.15. The zero-order valence-corrected chi connectivity index (χ0v) is 9.88. The summed E-state index contributed by atoms with van der Waals surface area (Å²) in [7, 11) is -1.27. The molecule has 0 unspecified atom stereocenters. The van der Waals surface area contributed by atoms with Crippen LogP contribution in [-0.4, -0.2) is 13.1 Å². The molecule has 0 aliphatic rings. The first-order valence-corrected chi connectivity index (χ1v) is 8.37. The molecule has 0 atom stereocenters. The predicted molar refractivity (Wildman–Crippen MR) is 57.3 cm³/mol. The quantitative estimate of drug-likeness (QED) is 0.479. The van der Waals surface area contributed by atoms with Gasteiger partial charge in [-0.3, -0.25) is 0 Å². The highest BCUT2D eigenvalue weighted by Crippen LogP contribution is 2.12. The van der Waals surface area contributed by atoms with E-state index in [1.54, 1.807) is 5.38 Å². The van der Waals surface area contributed by atoms with Crippen LogP contribution in [0, 0.1) is 11.5 Å². The fourth-order valence-corrected chi connectivity index (χ4v) is 1.93. The van der Waals surface area contributed by atoms with Gasteiger partial charge in [-0.1, -0.05) is 31.2 Å². The van der Waals surface area contributed by atoms with Crippen molar-refractivity contribution in [3.63, 3.8) is 0 Å². The van der Waals surface area contributed by atoms with Gasteiger partial charge in [0.1, 0.15) is 13.2 Å². The minimum absolute atomic E-state index is 0.542. The molecule has 0 bridgehead atoms. The van der Waals surface area contributed by atoms with Crippen LogP contribution in [0.5, 0.6) is 0 Å². The van der Waals surface area contributed by atoms with Gasteiger partial charge in [-0.25, -0.2) is 4.98 Å². The summed E-state index contributed by atoms with van der Waals surface area (Å²) in [5, 5.41) is 3.16. The van der Waals surface area contributed by atoms with Crippen molar-refractivity contribution >= 4 is 31.0 Å². The summed E-state index contributed by atoms with van der Waals surface area (Å²) in [6, 6.07) is 0. The summed E-state index contributed by atoms with van der Waals surface area (Å²) in [5.41, 5.74) is 3.23. The summed E-state index contributed by atoms with van der Waals surface area (Å²) in [6.07, 6.45) is 0. The summed E-state index contributed by atoms with van der Waals surface area (Å²) in [5.74, 6) is 3.04. The number of hydrogen-bond donors (Lipinski definition) is 0. The lowest BCUT2D eigenvalue weighted by atomic mass is 10.7. The minimum Gasteiger partial charge on any atom is -0.216 e. The molecule has 0 aromatic carbocycles. The molecule has 1 heterocycles. The molecule has 0 fully saturated rings. The highest BCUT2D eigenvalue weighted by Gasteiger charge is 2.07. The average molecular weight is 216 g/mol. The molecule has 12 heavy (non-hydrogen) atoms. The van der Waals surface area contributed by atoms with Gasteiger partial charge in [0, 0.05) is 5.38 Å². The van der Waals surface area contributed by atoms with Crippen LogP contribution >= 0.6 is 22.9 Å². The molecular weight excluding hydrogens is 206 g/mol.